The normalized spacial score (nSPS) is 28.4. The fraction of sp³-hybridized carbons (Fsp3) is 0.455. The zero-order valence-electron chi connectivity index (χ0n) is 6.92. The van der Waals surface area contributed by atoms with E-state index in [0.717, 1.165) is 12.8 Å². The van der Waals surface area contributed by atoms with Crippen LogP contribution in [0.3, 0.4) is 0 Å². The van der Waals surface area contributed by atoms with Gasteiger partial charge >= 0.3 is 0 Å². The zero-order valence-corrected chi connectivity index (χ0v) is 6.92. The molecule has 11 heavy (non-hydrogen) atoms. The summed E-state index contributed by atoms with van der Waals surface area (Å²) >= 11 is 0. The summed E-state index contributed by atoms with van der Waals surface area (Å²) in [5, 5.41) is 0. The van der Waals surface area contributed by atoms with Gasteiger partial charge in [0, 0.05) is 0 Å². The Morgan fingerprint density at radius 2 is 1.73 bits per heavy atom. The van der Waals surface area contributed by atoms with Crippen LogP contribution in [0.25, 0.3) is 0 Å². The summed E-state index contributed by atoms with van der Waals surface area (Å²) in [7, 11) is 0. The lowest BCUT2D eigenvalue weighted by Crippen LogP contribution is -1.68. The first-order chi connectivity index (χ1) is 5.50. The van der Waals surface area contributed by atoms with Crippen LogP contribution in [0.5, 0.6) is 0 Å². The number of hydrogen-bond donors (Lipinski definition) is 0. The van der Waals surface area contributed by atoms with Gasteiger partial charge in [-0.05, 0) is 38.2 Å². The number of hydrogen-bond acceptors (Lipinski definition) is 0. The lowest BCUT2D eigenvalue weighted by atomic mass is 10.2. The molecule has 0 bridgehead atoms. The van der Waals surface area contributed by atoms with Crippen LogP contribution >= 0.6 is 0 Å². The van der Waals surface area contributed by atoms with Crippen LogP contribution in [0.1, 0.15) is 32.1 Å². The van der Waals surface area contributed by atoms with Gasteiger partial charge in [0.1, 0.15) is 0 Å². The highest BCUT2D eigenvalue weighted by Crippen LogP contribution is 2.02. The second kappa shape index (κ2) is 5.96. The Hall–Kier alpha value is -0.780. The molecule has 0 saturated heterocycles. The molecule has 0 aromatic carbocycles. The molecule has 0 unspecified atom stereocenters. The monoisotopic (exact) mass is 147 g/mol. The van der Waals surface area contributed by atoms with E-state index in [4.69, 9.17) is 0 Å². The van der Waals surface area contributed by atoms with E-state index in [1.165, 1.54) is 19.3 Å². The summed E-state index contributed by atoms with van der Waals surface area (Å²) in [6, 6.07) is 0. The van der Waals surface area contributed by atoms with Gasteiger partial charge in [-0.2, -0.15) is 0 Å². The molecule has 0 heterocycles. The van der Waals surface area contributed by atoms with E-state index in [0.29, 0.717) is 0 Å². The van der Waals surface area contributed by atoms with Gasteiger partial charge in [-0.1, -0.05) is 30.4 Å². The summed E-state index contributed by atoms with van der Waals surface area (Å²) in [4.78, 5) is 0. The van der Waals surface area contributed by atoms with E-state index < -0.39 is 0 Å². The minimum Gasteiger partial charge on any atom is -0.0885 e. The van der Waals surface area contributed by atoms with Crippen LogP contribution < -0.4 is 0 Å². The van der Waals surface area contributed by atoms with Crippen molar-refractivity contribution in [3.8, 4) is 0 Å². The first kappa shape index (κ1) is 8.32. The SMILES string of the molecule is [C]1=C\C=C\CCC/C=C/CC/1. The zero-order chi connectivity index (χ0) is 7.78. The molecule has 1 rings (SSSR count). The highest BCUT2D eigenvalue weighted by molar-refractivity contribution is 5.00. The Balaban J connectivity index is 2.34. The standard InChI is InChI=1S/C11H15/c1-2-4-6-8-10-11-9-7-5-3-1/h1-3,10-11H,4,6-9H2/b2-1+,5-3?,11-10+. The summed E-state index contributed by atoms with van der Waals surface area (Å²) in [5.74, 6) is 0. The quantitative estimate of drug-likeness (QED) is 0.460. The molecule has 1 aliphatic carbocycles. The molecule has 0 heteroatoms. The number of rotatable bonds is 0. The fourth-order valence-electron chi connectivity index (χ4n) is 1.07. The van der Waals surface area contributed by atoms with Crippen LogP contribution in [-0.2, 0) is 0 Å². The summed E-state index contributed by atoms with van der Waals surface area (Å²) in [6.07, 6.45) is 20.0. The second-order valence-corrected chi connectivity index (χ2v) is 2.74. The van der Waals surface area contributed by atoms with E-state index in [9.17, 15) is 0 Å². The molecule has 1 aliphatic rings. The highest BCUT2D eigenvalue weighted by atomic mass is 13.9. The van der Waals surface area contributed by atoms with Crippen LogP contribution in [0, 0.1) is 6.08 Å². The molecule has 0 saturated carbocycles. The molecule has 0 N–H and O–H groups in total. The van der Waals surface area contributed by atoms with Gasteiger partial charge in [-0.25, -0.2) is 0 Å². The van der Waals surface area contributed by atoms with Crippen LogP contribution in [0.15, 0.2) is 30.4 Å². The maximum absolute atomic E-state index is 3.22. The first-order valence-electron chi connectivity index (χ1n) is 4.37. The van der Waals surface area contributed by atoms with E-state index >= 15 is 0 Å². The van der Waals surface area contributed by atoms with E-state index in [2.05, 4.69) is 30.4 Å². The van der Waals surface area contributed by atoms with Gasteiger partial charge in [0.2, 0.25) is 0 Å². The van der Waals surface area contributed by atoms with E-state index in [1.807, 2.05) is 6.08 Å². The molecule has 0 aromatic rings. The van der Waals surface area contributed by atoms with Gasteiger partial charge < -0.3 is 0 Å². The van der Waals surface area contributed by atoms with Crippen molar-refractivity contribution in [2.45, 2.75) is 32.1 Å². The van der Waals surface area contributed by atoms with E-state index in [-0.39, 0.29) is 0 Å². The van der Waals surface area contributed by atoms with Gasteiger partial charge in [0.25, 0.3) is 0 Å². The average molecular weight is 147 g/mol. The van der Waals surface area contributed by atoms with Gasteiger partial charge in [0.05, 0.1) is 0 Å². The minimum absolute atomic E-state index is 1.06. The molecule has 0 nitrogen and oxygen atoms in total. The molecular weight excluding hydrogens is 132 g/mol. The average Bonchev–Trinajstić information content (AvgIpc) is 2.08. The molecular formula is C11H15. The third kappa shape index (κ3) is 4.60. The van der Waals surface area contributed by atoms with Crippen molar-refractivity contribution in [2.75, 3.05) is 0 Å². The maximum atomic E-state index is 3.22. The fourth-order valence-corrected chi connectivity index (χ4v) is 1.07. The third-order valence-corrected chi connectivity index (χ3v) is 1.71. The van der Waals surface area contributed by atoms with Gasteiger partial charge in [-0.3, -0.25) is 0 Å². The van der Waals surface area contributed by atoms with E-state index in [1.54, 1.807) is 0 Å². The van der Waals surface area contributed by atoms with Crippen molar-refractivity contribution in [1.82, 2.24) is 0 Å². The molecule has 0 aromatic heterocycles. The van der Waals surface area contributed by atoms with Crippen molar-refractivity contribution in [3.05, 3.63) is 36.5 Å². The summed E-state index contributed by atoms with van der Waals surface area (Å²) in [6.45, 7) is 0. The maximum Gasteiger partial charge on any atom is -0.0241 e. The Morgan fingerprint density at radius 3 is 2.73 bits per heavy atom. The topological polar surface area (TPSA) is 0 Å². The summed E-state index contributed by atoms with van der Waals surface area (Å²) < 4.78 is 0. The van der Waals surface area contributed by atoms with Crippen LogP contribution in [0.2, 0.25) is 0 Å². The third-order valence-electron chi connectivity index (χ3n) is 1.71. The molecule has 0 aliphatic heterocycles. The van der Waals surface area contributed by atoms with Crippen molar-refractivity contribution in [2.24, 2.45) is 0 Å². The van der Waals surface area contributed by atoms with Crippen molar-refractivity contribution in [3.63, 3.8) is 0 Å². The van der Waals surface area contributed by atoms with Crippen molar-refractivity contribution >= 4 is 0 Å². The van der Waals surface area contributed by atoms with Crippen LogP contribution in [-0.4, -0.2) is 0 Å². The predicted octanol–water partition coefficient (Wildman–Crippen LogP) is 3.42. The minimum atomic E-state index is 1.06. The molecule has 1 radical (unpaired) electrons. The lowest BCUT2D eigenvalue weighted by molar-refractivity contribution is 0.863. The Bertz CT molecular complexity index is 161. The number of allylic oxidation sites excluding steroid dienone is 6. The second-order valence-electron chi connectivity index (χ2n) is 2.74. The Morgan fingerprint density at radius 1 is 0.909 bits per heavy atom. The summed E-state index contributed by atoms with van der Waals surface area (Å²) in [5.41, 5.74) is 0. The largest absolute Gasteiger partial charge is 0.0885 e. The van der Waals surface area contributed by atoms with Gasteiger partial charge in [0.15, 0.2) is 0 Å². The van der Waals surface area contributed by atoms with Crippen molar-refractivity contribution in [1.29, 1.82) is 0 Å². The van der Waals surface area contributed by atoms with Gasteiger partial charge in [-0.15, -0.1) is 0 Å². The molecule has 0 atom stereocenters. The molecule has 0 fully saturated rings. The smallest absolute Gasteiger partial charge is 0.0241 e. The Kier molecular flexibility index (Phi) is 4.51. The molecule has 0 spiro atoms. The highest BCUT2D eigenvalue weighted by Gasteiger charge is 1.82. The van der Waals surface area contributed by atoms with Crippen molar-refractivity contribution < 1.29 is 0 Å². The molecule has 59 valence electrons. The van der Waals surface area contributed by atoms with Crippen LogP contribution in [0.4, 0.5) is 0 Å². The molecule has 0 amide bonds. The first-order valence-corrected chi connectivity index (χ1v) is 4.37. The Labute approximate surface area is 69.3 Å². The lowest BCUT2D eigenvalue weighted by Gasteiger charge is -1.88. The predicted molar refractivity (Wildman–Crippen MR) is 49.2 cm³/mol.